The Morgan fingerprint density at radius 3 is 1.78 bits per heavy atom. The summed E-state index contributed by atoms with van der Waals surface area (Å²) in [6.45, 7) is 1.89. The normalized spacial score (nSPS) is 13.9. The molecular formula is C23H44O4. The molecule has 0 aromatic carbocycles. The number of aliphatic carboxylic acids is 1. The van der Waals surface area contributed by atoms with E-state index in [1.165, 1.54) is 57.8 Å². The summed E-state index contributed by atoms with van der Waals surface area (Å²) >= 11 is 0. The molecule has 0 aromatic rings. The van der Waals surface area contributed by atoms with Crippen molar-refractivity contribution in [1.29, 1.82) is 0 Å². The van der Waals surface area contributed by atoms with E-state index < -0.39 is 18.0 Å². The maximum absolute atomic E-state index is 11.1. The first kappa shape index (κ1) is 26.1. The second-order valence-corrected chi connectivity index (χ2v) is 7.83. The largest absolute Gasteiger partial charge is 0.481 e. The molecule has 2 atom stereocenters. The van der Waals surface area contributed by atoms with Gasteiger partial charge in [-0.15, -0.1) is 0 Å². The molecular weight excluding hydrogens is 340 g/mol. The molecule has 0 saturated heterocycles. The number of hydrogen-bond acceptors (Lipinski definition) is 3. The van der Waals surface area contributed by atoms with E-state index in [0.717, 1.165) is 32.1 Å². The van der Waals surface area contributed by atoms with E-state index in [1.54, 1.807) is 0 Å². The number of hydrogen-bond donors (Lipinski definition) is 3. The average molecular weight is 385 g/mol. The molecule has 0 spiro atoms. The monoisotopic (exact) mass is 384 g/mol. The standard InChI is InChI=1S/C23H44O4/c1-2-3-4-5-6-7-8-9-10-11-12-13-14-15-16-17-18-21(23(26)27)19-22(25)20-24/h11-12,21-22,24-25H,2-10,13-20H2,1H3,(H,26,27). The summed E-state index contributed by atoms with van der Waals surface area (Å²) in [6, 6.07) is 0. The highest BCUT2D eigenvalue weighted by atomic mass is 16.4. The van der Waals surface area contributed by atoms with Crippen LogP contribution in [0, 0.1) is 5.92 Å². The van der Waals surface area contributed by atoms with Crippen LogP contribution < -0.4 is 0 Å². The van der Waals surface area contributed by atoms with Crippen molar-refractivity contribution < 1.29 is 20.1 Å². The Kier molecular flexibility index (Phi) is 19.2. The van der Waals surface area contributed by atoms with Gasteiger partial charge in [-0.05, 0) is 38.5 Å². The van der Waals surface area contributed by atoms with Gasteiger partial charge in [0.15, 0.2) is 0 Å². The molecule has 27 heavy (non-hydrogen) atoms. The second kappa shape index (κ2) is 19.9. The summed E-state index contributed by atoms with van der Waals surface area (Å²) < 4.78 is 0. The van der Waals surface area contributed by atoms with Gasteiger partial charge < -0.3 is 15.3 Å². The van der Waals surface area contributed by atoms with Crippen LogP contribution in [0.4, 0.5) is 0 Å². The van der Waals surface area contributed by atoms with E-state index in [1.807, 2.05) is 0 Å². The minimum absolute atomic E-state index is 0.146. The Labute approximate surface area is 167 Å². The van der Waals surface area contributed by atoms with Crippen molar-refractivity contribution in [3.8, 4) is 0 Å². The number of aliphatic hydroxyl groups is 2. The van der Waals surface area contributed by atoms with Crippen molar-refractivity contribution in [3.63, 3.8) is 0 Å². The van der Waals surface area contributed by atoms with Gasteiger partial charge in [-0.2, -0.15) is 0 Å². The molecule has 0 aliphatic heterocycles. The topological polar surface area (TPSA) is 77.8 Å². The van der Waals surface area contributed by atoms with Crippen LogP contribution in [0.3, 0.4) is 0 Å². The van der Waals surface area contributed by atoms with Crippen LogP contribution >= 0.6 is 0 Å². The lowest BCUT2D eigenvalue weighted by molar-refractivity contribution is -0.143. The third-order valence-corrected chi connectivity index (χ3v) is 5.18. The van der Waals surface area contributed by atoms with Gasteiger partial charge in [0.2, 0.25) is 0 Å². The summed E-state index contributed by atoms with van der Waals surface area (Å²) in [6.07, 6.45) is 21.9. The molecule has 160 valence electrons. The van der Waals surface area contributed by atoms with Gasteiger partial charge in [0.05, 0.1) is 18.6 Å². The number of unbranched alkanes of at least 4 members (excludes halogenated alkanes) is 12. The first-order valence-corrected chi connectivity index (χ1v) is 11.3. The smallest absolute Gasteiger partial charge is 0.306 e. The molecule has 0 amide bonds. The van der Waals surface area contributed by atoms with Crippen molar-refractivity contribution in [2.24, 2.45) is 5.92 Å². The highest BCUT2D eigenvalue weighted by Gasteiger charge is 2.20. The van der Waals surface area contributed by atoms with Crippen LogP contribution in [0.5, 0.6) is 0 Å². The Morgan fingerprint density at radius 2 is 1.30 bits per heavy atom. The third-order valence-electron chi connectivity index (χ3n) is 5.18. The maximum atomic E-state index is 11.1. The molecule has 0 bridgehead atoms. The summed E-state index contributed by atoms with van der Waals surface area (Å²) in [5.74, 6) is -1.41. The molecule has 4 nitrogen and oxygen atoms in total. The van der Waals surface area contributed by atoms with Gasteiger partial charge in [-0.3, -0.25) is 4.79 Å². The Balaban J connectivity index is 3.42. The fraction of sp³-hybridized carbons (Fsp3) is 0.870. The summed E-state index contributed by atoms with van der Waals surface area (Å²) in [5.41, 5.74) is 0. The lowest BCUT2D eigenvalue weighted by atomic mass is 9.95. The molecule has 0 aliphatic rings. The van der Waals surface area contributed by atoms with E-state index >= 15 is 0 Å². The highest BCUT2D eigenvalue weighted by Crippen LogP contribution is 2.17. The van der Waals surface area contributed by atoms with Crippen molar-refractivity contribution in [2.45, 2.75) is 116 Å². The second-order valence-electron chi connectivity index (χ2n) is 7.83. The zero-order valence-electron chi connectivity index (χ0n) is 17.6. The lowest BCUT2D eigenvalue weighted by Gasteiger charge is -2.14. The zero-order chi connectivity index (χ0) is 20.2. The van der Waals surface area contributed by atoms with Crippen LogP contribution in [-0.4, -0.2) is 34.0 Å². The first-order chi connectivity index (χ1) is 13.1. The van der Waals surface area contributed by atoms with Crippen LogP contribution in [0.2, 0.25) is 0 Å². The maximum Gasteiger partial charge on any atom is 0.306 e. The molecule has 0 heterocycles. The Morgan fingerprint density at radius 1 is 0.815 bits per heavy atom. The summed E-state index contributed by atoms with van der Waals surface area (Å²) in [5, 5.41) is 27.4. The molecule has 0 aromatic heterocycles. The average Bonchev–Trinajstić information content (AvgIpc) is 2.66. The quantitative estimate of drug-likeness (QED) is 0.181. The predicted octanol–water partition coefficient (Wildman–Crippen LogP) is 5.86. The van der Waals surface area contributed by atoms with E-state index in [9.17, 15) is 9.90 Å². The Hall–Kier alpha value is -0.870. The van der Waals surface area contributed by atoms with Crippen molar-refractivity contribution in [1.82, 2.24) is 0 Å². The van der Waals surface area contributed by atoms with Crippen LogP contribution in [0.25, 0.3) is 0 Å². The molecule has 0 fully saturated rings. The lowest BCUT2D eigenvalue weighted by Crippen LogP contribution is -2.23. The minimum atomic E-state index is -0.919. The SMILES string of the molecule is CCCCCCCCCCC=CCCCCCCC(CC(O)CO)C(=O)O. The van der Waals surface area contributed by atoms with Crippen molar-refractivity contribution in [2.75, 3.05) is 6.61 Å². The highest BCUT2D eigenvalue weighted by molar-refractivity contribution is 5.69. The van der Waals surface area contributed by atoms with Crippen LogP contribution in [-0.2, 0) is 4.79 Å². The molecule has 0 saturated carbocycles. The molecule has 0 aliphatic carbocycles. The number of carboxylic acids is 1. The van der Waals surface area contributed by atoms with Gasteiger partial charge in [0, 0.05) is 0 Å². The van der Waals surface area contributed by atoms with E-state index in [-0.39, 0.29) is 13.0 Å². The van der Waals surface area contributed by atoms with E-state index in [4.69, 9.17) is 10.2 Å². The number of allylic oxidation sites excluding steroid dienone is 2. The molecule has 0 radical (unpaired) electrons. The summed E-state index contributed by atoms with van der Waals surface area (Å²) in [4.78, 5) is 11.1. The third kappa shape index (κ3) is 18.3. The van der Waals surface area contributed by atoms with Gasteiger partial charge in [-0.25, -0.2) is 0 Å². The van der Waals surface area contributed by atoms with E-state index in [0.29, 0.717) is 6.42 Å². The Bertz CT molecular complexity index is 354. The molecule has 2 unspecified atom stereocenters. The fourth-order valence-electron chi connectivity index (χ4n) is 3.38. The van der Waals surface area contributed by atoms with E-state index in [2.05, 4.69) is 19.1 Å². The van der Waals surface area contributed by atoms with Gasteiger partial charge in [0.1, 0.15) is 0 Å². The molecule has 4 heteroatoms. The number of carbonyl (C=O) groups is 1. The minimum Gasteiger partial charge on any atom is -0.481 e. The van der Waals surface area contributed by atoms with Crippen LogP contribution in [0.15, 0.2) is 12.2 Å². The summed E-state index contributed by atoms with van der Waals surface area (Å²) in [7, 11) is 0. The number of aliphatic hydroxyl groups excluding tert-OH is 2. The number of rotatable bonds is 20. The fourth-order valence-corrected chi connectivity index (χ4v) is 3.38. The first-order valence-electron chi connectivity index (χ1n) is 11.3. The van der Waals surface area contributed by atoms with Crippen molar-refractivity contribution in [3.05, 3.63) is 12.2 Å². The zero-order valence-corrected chi connectivity index (χ0v) is 17.6. The van der Waals surface area contributed by atoms with Gasteiger partial charge >= 0.3 is 5.97 Å². The van der Waals surface area contributed by atoms with Crippen molar-refractivity contribution >= 4 is 5.97 Å². The van der Waals surface area contributed by atoms with Gasteiger partial charge in [0.25, 0.3) is 0 Å². The predicted molar refractivity (Wildman–Crippen MR) is 113 cm³/mol. The molecule has 3 N–H and O–H groups in total. The van der Waals surface area contributed by atoms with Gasteiger partial charge in [-0.1, -0.05) is 83.3 Å². The van der Waals surface area contributed by atoms with Crippen LogP contribution in [0.1, 0.15) is 110 Å². The molecule has 0 rings (SSSR count). The number of carboxylic acid groups (broad SMARTS) is 1.